The molecule has 2 fully saturated rings. The molecule has 0 spiro atoms. The van der Waals surface area contributed by atoms with Crippen molar-refractivity contribution < 1.29 is 19.1 Å². The largest absolute Gasteiger partial charge is 0.426 e. The maximum atomic E-state index is 12.3. The van der Waals surface area contributed by atoms with Crippen LogP contribution in [-0.2, 0) is 14.4 Å². The molecule has 1 aromatic carbocycles. The molecule has 1 aliphatic carbocycles. The van der Waals surface area contributed by atoms with Gasteiger partial charge in [-0.2, -0.15) is 0 Å². The van der Waals surface area contributed by atoms with Gasteiger partial charge in [0.05, 0.1) is 18.3 Å². The number of carbonyl (C=O) groups excluding carboxylic acids is 3. The lowest BCUT2D eigenvalue weighted by atomic mass is 9.81. The summed E-state index contributed by atoms with van der Waals surface area (Å²) >= 11 is 1.61. The number of ether oxygens (including phenoxy) is 1. The number of thioether (sulfide) groups is 1. The molecule has 1 aromatic rings. The second kappa shape index (κ2) is 7.38. The maximum Gasteiger partial charge on any atom is 0.312 e. The molecule has 2 amide bonds. The van der Waals surface area contributed by atoms with Crippen LogP contribution in [0.4, 0.5) is 0 Å². The SMILES string of the molecule is CSc1ccc(OC(=O)CCN2C(=O)[C@@H]3CCCC[C@H]3C2=O)cc1. The molecule has 1 heterocycles. The first-order valence-electron chi connectivity index (χ1n) is 8.30. The van der Waals surface area contributed by atoms with E-state index in [1.165, 1.54) is 4.90 Å². The zero-order chi connectivity index (χ0) is 17.1. The normalized spacial score (nSPS) is 23.3. The third-order valence-corrected chi connectivity index (χ3v) is 5.51. The van der Waals surface area contributed by atoms with Crippen LogP contribution in [0.2, 0.25) is 0 Å². The second-order valence-electron chi connectivity index (χ2n) is 6.23. The first-order chi connectivity index (χ1) is 11.6. The van der Waals surface area contributed by atoms with E-state index in [-0.39, 0.29) is 36.6 Å². The van der Waals surface area contributed by atoms with Gasteiger partial charge in [-0.1, -0.05) is 12.8 Å². The Hall–Kier alpha value is -1.82. The zero-order valence-corrected chi connectivity index (χ0v) is 14.5. The molecule has 1 saturated heterocycles. The Labute approximate surface area is 145 Å². The van der Waals surface area contributed by atoms with Crippen LogP contribution in [-0.4, -0.2) is 35.5 Å². The summed E-state index contributed by atoms with van der Waals surface area (Å²) in [5, 5.41) is 0. The summed E-state index contributed by atoms with van der Waals surface area (Å²) < 4.78 is 5.27. The highest BCUT2D eigenvalue weighted by Gasteiger charge is 2.47. The number of imide groups is 1. The Morgan fingerprint density at radius 3 is 2.25 bits per heavy atom. The van der Waals surface area contributed by atoms with Gasteiger partial charge >= 0.3 is 5.97 Å². The van der Waals surface area contributed by atoms with Gasteiger partial charge in [0.15, 0.2) is 0 Å². The smallest absolute Gasteiger partial charge is 0.312 e. The van der Waals surface area contributed by atoms with E-state index in [0.717, 1.165) is 30.6 Å². The Bertz CT molecular complexity index is 619. The number of likely N-dealkylation sites (tertiary alicyclic amines) is 1. The standard InChI is InChI=1S/C18H21NO4S/c1-24-13-8-6-12(7-9-13)23-16(20)10-11-19-17(21)14-4-2-3-5-15(14)18(19)22/h6-9,14-15H,2-5,10-11H2,1H3/t14-,15-/m1/s1. The highest BCUT2D eigenvalue weighted by molar-refractivity contribution is 7.98. The van der Waals surface area contributed by atoms with E-state index in [9.17, 15) is 14.4 Å². The zero-order valence-electron chi connectivity index (χ0n) is 13.7. The van der Waals surface area contributed by atoms with E-state index in [0.29, 0.717) is 5.75 Å². The van der Waals surface area contributed by atoms with Gasteiger partial charge in [-0.15, -0.1) is 11.8 Å². The van der Waals surface area contributed by atoms with Crippen molar-refractivity contribution in [3.63, 3.8) is 0 Å². The second-order valence-corrected chi connectivity index (χ2v) is 7.10. The predicted molar refractivity (Wildman–Crippen MR) is 90.6 cm³/mol. The minimum absolute atomic E-state index is 0.0290. The molecule has 0 bridgehead atoms. The minimum atomic E-state index is -0.428. The van der Waals surface area contributed by atoms with Crippen LogP contribution >= 0.6 is 11.8 Å². The van der Waals surface area contributed by atoms with Crippen LogP contribution in [0.25, 0.3) is 0 Å². The van der Waals surface area contributed by atoms with Crippen LogP contribution in [0.15, 0.2) is 29.2 Å². The molecule has 1 aliphatic heterocycles. The summed E-state index contributed by atoms with van der Waals surface area (Å²) in [6.45, 7) is 0.117. The molecule has 1 saturated carbocycles. The van der Waals surface area contributed by atoms with Crippen LogP contribution < -0.4 is 4.74 Å². The number of carbonyl (C=O) groups is 3. The Balaban J connectivity index is 1.54. The van der Waals surface area contributed by atoms with E-state index in [1.54, 1.807) is 23.9 Å². The number of amides is 2. The van der Waals surface area contributed by atoms with Crippen LogP contribution in [0.1, 0.15) is 32.1 Å². The molecule has 2 atom stereocenters. The molecule has 0 N–H and O–H groups in total. The average molecular weight is 347 g/mol. The van der Waals surface area contributed by atoms with Gasteiger partial charge in [0, 0.05) is 11.4 Å². The van der Waals surface area contributed by atoms with Crippen molar-refractivity contribution in [2.45, 2.75) is 37.0 Å². The molecule has 5 nitrogen and oxygen atoms in total. The number of esters is 1. The summed E-state index contributed by atoms with van der Waals surface area (Å²) in [6, 6.07) is 7.24. The van der Waals surface area contributed by atoms with Crippen LogP contribution in [0.3, 0.4) is 0 Å². The average Bonchev–Trinajstić information content (AvgIpc) is 2.85. The Kier molecular flexibility index (Phi) is 5.23. The molecule has 0 aromatic heterocycles. The predicted octanol–water partition coefficient (Wildman–Crippen LogP) is 2.88. The van der Waals surface area contributed by atoms with Gasteiger partial charge in [0.2, 0.25) is 11.8 Å². The number of hydrogen-bond acceptors (Lipinski definition) is 5. The summed E-state index contributed by atoms with van der Waals surface area (Å²) in [4.78, 5) is 39.0. The molecule has 2 aliphatic rings. The monoisotopic (exact) mass is 347 g/mol. The molecule has 3 rings (SSSR count). The first-order valence-corrected chi connectivity index (χ1v) is 9.52. The van der Waals surface area contributed by atoms with Gasteiger partial charge < -0.3 is 4.74 Å². The highest BCUT2D eigenvalue weighted by atomic mass is 32.2. The Morgan fingerprint density at radius 2 is 1.71 bits per heavy atom. The number of benzene rings is 1. The lowest BCUT2D eigenvalue weighted by molar-refractivity contribution is -0.141. The molecular formula is C18H21NO4S. The lowest BCUT2D eigenvalue weighted by Gasteiger charge is -2.19. The van der Waals surface area contributed by atoms with Crippen molar-refractivity contribution >= 4 is 29.5 Å². The molecule has 24 heavy (non-hydrogen) atoms. The molecular weight excluding hydrogens is 326 g/mol. The van der Waals surface area contributed by atoms with Gasteiger partial charge in [0.1, 0.15) is 5.75 Å². The highest BCUT2D eigenvalue weighted by Crippen LogP contribution is 2.38. The molecule has 0 unspecified atom stereocenters. The fourth-order valence-electron chi connectivity index (χ4n) is 3.48. The molecule has 128 valence electrons. The van der Waals surface area contributed by atoms with Crippen molar-refractivity contribution in [2.75, 3.05) is 12.8 Å². The first kappa shape index (κ1) is 17.0. The number of hydrogen-bond donors (Lipinski definition) is 0. The summed E-state index contributed by atoms with van der Waals surface area (Å²) in [6.07, 6.45) is 5.59. The topological polar surface area (TPSA) is 63.7 Å². The molecule has 0 radical (unpaired) electrons. The fourth-order valence-corrected chi connectivity index (χ4v) is 3.89. The van der Waals surface area contributed by atoms with Gasteiger partial charge in [-0.05, 0) is 43.4 Å². The lowest BCUT2D eigenvalue weighted by Crippen LogP contribution is -2.33. The van der Waals surface area contributed by atoms with E-state index in [4.69, 9.17) is 4.74 Å². The van der Waals surface area contributed by atoms with E-state index in [2.05, 4.69) is 0 Å². The van der Waals surface area contributed by atoms with Crippen molar-refractivity contribution in [3.05, 3.63) is 24.3 Å². The number of rotatable bonds is 5. The minimum Gasteiger partial charge on any atom is -0.426 e. The van der Waals surface area contributed by atoms with Crippen molar-refractivity contribution in [3.8, 4) is 5.75 Å². The van der Waals surface area contributed by atoms with E-state index in [1.807, 2.05) is 18.4 Å². The van der Waals surface area contributed by atoms with Crippen LogP contribution in [0, 0.1) is 11.8 Å². The maximum absolute atomic E-state index is 12.3. The fraction of sp³-hybridized carbons (Fsp3) is 0.500. The summed E-state index contributed by atoms with van der Waals surface area (Å²) in [5.74, 6) is -0.501. The van der Waals surface area contributed by atoms with E-state index < -0.39 is 5.97 Å². The van der Waals surface area contributed by atoms with Gasteiger partial charge in [0.25, 0.3) is 0 Å². The van der Waals surface area contributed by atoms with Crippen molar-refractivity contribution in [2.24, 2.45) is 11.8 Å². The van der Waals surface area contributed by atoms with Crippen molar-refractivity contribution in [1.82, 2.24) is 4.90 Å². The Morgan fingerprint density at radius 1 is 1.12 bits per heavy atom. The third-order valence-electron chi connectivity index (χ3n) is 4.76. The van der Waals surface area contributed by atoms with Crippen LogP contribution in [0.5, 0.6) is 5.75 Å². The number of fused-ring (bicyclic) bond motifs is 1. The van der Waals surface area contributed by atoms with Crippen molar-refractivity contribution in [1.29, 1.82) is 0 Å². The third kappa shape index (κ3) is 3.48. The summed E-state index contributed by atoms with van der Waals surface area (Å²) in [7, 11) is 0. The molecule has 6 heteroatoms. The van der Waals surface area contributed by atoms with Gasteiger partial charge in [-0.3, -0.25) is 19.3 Å². The number of nitrogens with zero attached hydrogens (tertiary/aromatic N) is 1. The van der Waals surface area contributed by atoms with Gasteiger partial charge in [-0.25, -0.2) is 0 Å². The quantitative estimate of drug-likeness (QED) is 0.355. The van der Waals surface area contributed by atoms with E-state index >= 15 is 0 Å². The summed E-state index contributed by atoms with van der Waals surface area (Å²) in [5.41, 5.74) is 0.